The van der Waals surface area contributed by atoms with Crippen LogP contribution in [0.1, 0.15) is 29.3 Å². The molecule has 1 fully saturated rings. The van der Waals surface area contributed by atoms with Crippen LogP contribution in [-0.4, -0.2) is 54.2 Å². The predicted octanol–water partition coefficient (Wildman–Crippen LogP) is 0.715. The topological polar surface area (TPSA) is 78.9 Å². The number of amides is 2. The molecule has 0 bridgehead atoms. The summed E-state index contributed by atoms with van der Waals surface area (Å²) in [5.41, 5.74) is 1.44. The first kappa shape index (κ1) is 16.3. The summed E-state index contributed by atoms with van der Waals surface area (Å²) in [6.45, 7) is 4.17. The number of aliphatic hydroxyl groups is 1. The number of carbonyl (C=O) groups excluding carboxylic acids is 2. The first-order chi connectivity index (χ1) is 10.4. The maximum Gasteiger partial charge on any atom is 0.255 e. The van der Waals surface area contributed by atoms with E-state index in [1.165, 1.54) is 14.0 Å². The lowest BCUT2D eigenvalue weighted by molar-refractivity contribution is -0.132. The molecule has 0 aliphatic carbocycles. The minimum atomic E-state index is -0.766. The van der Waals surface area contributed by atoms with E-state index in [1.807, 2.05) is 13.0 Å². The van der Waals surface area contributed by atoms with Crippen molar-refractivity contribution in [1.29, 1.82) is 0 Å². The molecule has 6 heteroatoms. The number of methoxy groups -OCH3 is 1. The average molecular weight is 306 g/mol. The van der Waals surface area contributed by atoms with Gasteiger partial charge in [-0.05, 0) is 31.0 Å². The standard InChI is InChI=1S/C16H22N2O4/c1-10-4-5-12(15(8-10)22-3)16(21)17-13-6-7-18(11(2)19)9-14(13)20/h4-5,8,13-14,20H,6-7,9H2,1-3H3,(H,17,21)/t13-,14-/m1/s1. The summed E-state index contributed by atoms with van der Waals surface area (Å²) < 4.78 is 5.24. The number of hydrogen-bond donors (Lipinski definition) is 2. The second-order valence-electron chi connectivity index (χ2n) is 5.60. The molecule has 22 heavy (non-hydrogen) atoms. The fourth-order valence-electron chi connectivity index (χ4n) is 2.62. The van der Waals surface area contributed by atoms with Crippen molar-refractivity contribution in [2.45, 2.75) is 32.4 Å². The lowest BCUT2D eigenvalue weighted by Crippen LogP contribution is -2.55. The second-order valence-corrected chi connectivity index (χ2v) is 5.60. The van der Waals surface area contributed by atoms with Gasteiger partial charge in [-0.1, -0.05) is 6.07 Å². The van der Waals surface area contributed by atoms with E-state index in [4.69, 9.17) is 4.74 Å². The highest BCUT2D eigenvalue weighted by Gasteiger charge is 2.30. The molecule has 1 aliphatic rings. The van der Waals surface area contributed by atoms with E-state index in [0.29, 0.717) is 24.3 Å². The van der Waals surface area contributed by atoms with Gasteiger partial charge in [-0.3, -0.25) is 9.59 Å². The number of β-amino-alcohol motifs (C(OH)–C–C–N with tert-alkyl or cyclic N) is 1. The number of likely N-dealkylation sites (tertiary alicyclic amines) is 1. The first-order valence-corrected chi connectivity index (χ1v) is 7.31. The molecule has 1 aromatic rings. The monoisotopic (exact) mass is 306 g/mol. The van der Waals surface area contributed by atoms with Gasteiger partial charge in [0, 0.05) is 20.0 Å². The van der Waals surface area contributed by atoms with Crippen molar-refractivity contribution in [1.82, 2.24) is 10.2 Å². The van der Waals surface area contributed by atoms with Crippen LogP contribution in [-0.2, 0) is 4.79 Å². The highest BCUT2D eigenvalue weighted by molar-refractivity contribution is 5.97. The average Bonchev–Trinajstić information content (AvgIpc) is 2.48. The number of aliphatic hydroxyl groups excluding tert-OH is 1. The fourth-order valence-corrected chi connectivity index (χ4v) is 2.62. The zero-order valence-corrected chi connectivity index (χ0v) is 13.1. The van der Waals surface area contributed by atoms with Crippen molar-refractivity contribution in [2.75, 3.05) is 20.2 Å². The normalized spacial score (nSPS) is 21.4. The van der Waals surface area contributed by atoms with Crippen molar-refractivity contribution in [2.24, 2.45) is 0 Å². The molecule has 1 saturated heterocycles. The summed E-state index contributed by atoms with van der Waals surface area (Å²) >= 11 is 0. The molecule has 2 atom stereocenters. The van der Waals surface area contributed by atoms with E-state index in [-0.39, 0.29) is 24.4 Å². The van der Waals surface area contributed by atoms with Crippen LogP contribution in [0.2, 0.25) is 0 Å². The second kappa shape index (κ2) is 6.79. The Labute approximate surface area is 130 Å². The molecule has 0 radical (unpaired) electrons. The fraction of sp³-hybridized carbons (Fsp3) is 0.500. The lowest BCUT2D eigenvalue weighted by Gasteiger charge is -2.35. The summed E-state index contributed by atoms with van der Waals surface area (Å²) in [6.07, 6.45) is -0.237. The Kier molecular flexibility index (Phi) is 5.03. The smallest absolute Gasteiger partial charge is 0.255 e. The van der Waals surface area contributed by atoms with Gasteiger partial charge in [0.25, 0.3) is 5.91 Å². The Bertz CT molecular complexity index is 573. The third-order valence-electron chi connectivity index (χ3n) is 3.95. The minimum Gasteiger partial charge on any atom is -0.496 e. The van der Waals surface area contributed by atoms with E-state index in [1.54, 1.807) is 17.0 Å². The van der Waals surface area contributed by atoms with Gasteiger partial charge in [0.1, 0.15) is 5.75 Å². The molecule has 0 saturated carbocycles. The van der Waals surface area contributed by atoms with Crippen LogP contribution in [0.4, 0.5) is 0 Å². The molecule has 2 rings (SSSR count). The van der Waals surface area contributed by atoms with Crippen LogP contribution in [0.25, 0.3) is 0 Å². The molecule has 1 aliphatic heterocycles. The Hall–Kier alpha value is -2.08. The summed E-state index contributed by atoms with van der Waals surface area (Å²) in [4.78, 5) is 25.3. The summed E-state index contributed by atoms with van der Waals surface area (Å²) in [5, 5.41) is 12.9. The quantitative estimate of drug-likeness (QED) is 0.862. The third-order valence-corrected chi connectivity index (χ3v) is 3.95. The Morgan fingerprint density at radius 1 is 1.41 bits per heavy atom. The molecular weight excluding hydrogens is 284 g/mol. The number of hydrogen-bond acceptors (Lipinski definition) is 4. The Balaban J connectivity index is 2.05. The highest BCUT2D eigenvalue weighted by atomic mass is 16.5. The van der Waals surface area contributed by atoms with E-state index in [0.717, 1.165) is 5.56 Å². The molecule has 0 aromatic heterocycles. The van der Waals surface area contributed by atoms with Gasteiger partial charge >= 0.3 is 0 Å². The lowest BCUT2D eigenvalue weighted by atomic mass is 10.0. The van der Waals surface area contributed by atoms with Gasteiger partial charge in [-0.15, -0.1) is 0 Å². The highest BCUT2D eigenvalue weighted by Crippen LogP contribution is 2.21. The summed E-state index contributed by atoms with van der Waals surface area (Å²) in [7, 11) is 1.52. The number of ether oxygens (including phenoxy) is 1. The van der Waals surface area contributed by atoms with Crippen molar-refractivity contribution in [3.63, 3.8) is 0 Å². The summed E-state index contributed by atoms with van der Waals surface area (Å²) in [5.74, 6) is 0.161. The molecule has 0 unspecified atom stereocenters. The number of nitrogens with one attached hydrogen (secondary N) is 1. The molecular formula is C16H22N2O4. The maximum absolute atomic E-state index is 12.4. The van der Waals surface area contributed by atoms with E-state index in [9.17, 15) is 14.7 Å². The molecule has 2 N–H and O–H groups in total. The van der Waals surface area contributed by atoms with E-state index in [2.05, 4.69) is 5.32 Å². The molecule has 120 valence electrons. The number of aryl methyl sites for hydroxylation is 1. The summed E-state index contributed by atoms with van der Waals surface area (Å²) in [6, 6.07) is 4.98. The molecule has 0 spiro atoms. The number of rotatable bonds is 3. The Morgan fingerprint density at radius 2 is 2.14 bits per heavy atom. The predicted molar refractivity (Wildman–Crippen MR) is 81.9 cm³/mol. The molecule has 2 amide bonds. The zero-order valence-electron chi connectivity index (χ0n) is 13.1. The first-order valence-electron chi connectivity index (χ1n) is 7.31. The largest absolute Gasteiger partial charge is 0.496 e. The van der Waals surface area contributed by atoms with Crippen LogP contribution in [0.15, 0.2) is 18.2 Å². The van der Waals surface area contributed by atoms with Crippen LogP contribution in [0.5, 0.6) is 5.75 Å². The van der Waals surface area contributed by atoms with Gasteiger partial charge in [0.05, 0.1) is 24.8 Å². The van der Waals surface area contributed by atoms with Crippen LogP contribution in [0.3, 0.4) is 0 Å². The minimum absolute atomic E-state index is 0.0657. The third kappa shape index (κ3) is 3.57. The molecule has 6 nitrogen and oxygen atoms in total. The van der Waals surface area contributed by atoms with Gasteiger partial charge in [-0.2, -0.15) is 0 Å². The van der Waals surface area contributed by atoms with Crippen molar-refractivity contribution in [3.05, 3.63) is 29.3 Å². The number of benzene rings is 1. The van der Waals surface area contributed by atoms with Gasteiger partial charge in [-0.25, -0.2) is 0 Å². The molecule has 1 aromatic carbocycles. The number of piperidine rings is 1. The van der Waals surface area contributed by atoms with E-state index >= 15 is 0 Å². The SMILES string of the molecule is COc1cc(C)ccc1C(=O)N[C@@H]1CCN(C(C)=O)C[C@H]1O. The van der Waals surface area contributed by atoms with Gasteiger partial charge in [0.15, 0.2) is 0 Å². The number of carbonyl (C=O) groups is 2. The van der Waals surface area contributed by atoms with Crippen molar-refractivity contribution in [3.8, 4) is 5.75 Å². The van der Waals surface area contributed by atoms with Crippen LogP contribution < -0.4 is 10.1 Å². The van der Waals surface area contributed by atoms with Crippen LogP contribution in [0, 0.1) is 6.92 Å². The maximum atomic E-state index is 12.4. The van der Waals surface area contributed by atoms with Crippen molar-refractivity contribution >= 4 is 11.8 Å². The zero-order chi connectivity index (χ0) is 16.3. The number of nitrogens with zero attached hydrogens (tertiary/aromatic N) is 1. The van der Waals surface area contributed by atoms with Crippen molar-refractivity contribution < 1.29 is 19.4 Å². The van der Waals surface area contributed by atoms with Crippen LogP contribution >= 0.6 is 0 Å². The Morgan fingerprint density at radius 3 is 2.73 bits per heavy atom. The molecule has 1 heterocycles. The van der Waals surface area contributed by atoms with E-state index < -0.39 is 6.10 Å². The van der Waals surface area contributed by atoms with Gasteiger partial charge in [0.2, 0.25) is 5.91 Å². The van der Waals surface area contributed by atoms with Gasteiger partial charge < -0.3 is 20.1 Å².